The molecule has 0 aromatic heterocycles. The van der Waals surface area contributed by atoms with E-state index >= 15 is 0 Å². The molecule has 7 atom stereocenters. The van der Waals surface area contributed by atoms with Crippen LogP contribution in [0.4, 0.5) is 0 Å². The van der Waals surface area contributed by atoms with Crippen molar-refractivity contribution in [3.63, 3.8) is 0 Å². The van der Waals surface area contributed by atoms with Crippen molar-refractivity contribution in [3.8, 4) is 0 Å². The van der Waals surface area contributed by atoms with E-state index < -0.39 is 0 Å². The Hall–Kier alpha value is -0.0800. The van der Waals surface area contributed by atoms with Gasteiger partial charge in [0.25, 0.3) is 0 Å². The molecule has 0 aliphatic heterocycles. The third-order valence-electron chi connectivity index (χ3n) is 5.93. The first-order chi connectivity index (χ1) is 6.82. The third kappa shape index (κ3) is 0.646. The van der Waals surface area contributed by atoms with Crippen molar-refractivity contribution in [1.82, 2.24) is 0 Å². The minimum Gasteiger partial charge on any atom is -0.396 e. The molecule has 0 saturated heterocycles. The van der Waals surface area contributed by atoms with Crippen molar-refractivity contribution in [2.45, 2.75) is 19.3 Å². The Morgan fingerprint density at radius 3 is 2.57 bits per heavy atom. The molecule has 14 heavy (non-hydrogen) atoms. The van der Waals surface area contributed by atoms with Gasteiger partial charge < -0.3 is 10.2 Å². The van der Waals surface area contributed by atoms with Crippen LogP contribution in [-0.4, -0.2) is 23.4 Å². The Kier molecular flexibility index (Phi) is 1.27. The third-order valence-corrected chi connectivity index (χ3v) is 5.93. The van der Waals surface area contributed by atoms with Crippen LogP contribution in [0.2, 0.25) is 0 Å². The Labute approximate surface area is 84.3 Å². The van der Waals surface area contributed by atoms with Crippen molar-refractivity contribution < 1.29 is 10.2 Å². The monoisotopic (exact) mass is 194 g/mol. The van der Waals surface area contributed by atoms with E-state index in [4.69, 9.17) is 0 Å². The van der Waals surface area contributed by atoms with Crippen LogP contribution >= 0.6 is 0 Å². The molecule has 0 heterocycles. The highest BCUT2D eigenvalue weighted by molar-refractivity contribution is 5.33. The molecule has 7 unspecified atom stereocenters. The van der Waals surface area contributed by atoms with Gasteiger partial charge >= 0.3 is 0 Å². The lowest BCUT2D eigenvalue weighted by molar-refractivity contribution is 0.221. The fourth-order valence-corrected chi connectivity index (χ4v) is 5.48. The van der Waals surface area contributed by atoms with Crippen molar-refractivity contribution in [3.05, 3.63) is 0 Å². The number of aliphatic hydroxyl groups excluding tert-OH is 2. The van der Waals surface area contributed by atoms with Gasteiger partial charge in [-0.05, 0) is 60.2 Å². The highest BCUT2D eigenvalue weighted by atomic mass is 16.3. The van der Waals surface area contributed by atoms with E-state index in [0.29, 0.717) is 30.5 Å². The molecule has 4 rings (SSSR count). The summed E-state index contributed by atoms with van der Waals surface area (Å²) in [6.07, 6.45) is 3.94. The zero-order valence-corrected chi connectivity index (χ0v) is 8.39. The van der Waals surface area contributed by atoms with E-state index in [0.717, 1.165) is 23.7 Å². The van der Waals surface area contributed by atoms with Gasteiger partial charge in [0.1, 0.15) is 0 Å². The topological polar surface area (TPSA) is 40.5 Å². The van der Waals surface area contributed by atoms with Gasteiger partial charge in [-0.1, -0.05) is 0 Å². The quantitative estimate of drug-likeness (QED) is 0.685. The van der Waals surface area contributed by atoms with Crippen LogP contribution in [0.25, 0.3) is 0 Å². The van der Waals surface area contributed by atoms with Gasteiger partial charge in [-0.2, -0.15) is 0 Å². The van der Waals surface area contributed by atoms with Crippen LogP contribution < -0.4 is 0 Å². The van der Waals surface area contributed by atoms with Crippen LogP contribution in [0.1, 0.15) is 19.3 Å². The minimum absolute atomic E-state index is 0.392. The second-order valence-electron chi connectivity index (χ2n) is 6.09. The molecule has 4 aliphatic rings. The molecule has 0 radical (unpaired) electrons. The number of hydrogen-bond donors (Lipinski definition) is 2. The maximum Gasteiger partial charge on any atom is 0.0467 e. The molecular formula is C12H18O2. The van der Waals surface area contributed by atoms with Crippen molar-refractivity contribution >= 4 is 0 Å². The fourth-order valence-electron chi connectivity index (χ4n) is 5.48. The van der Waals surface area contributed by atoms with Gasteiger partial charge in [-0.15, -0.1) is 0 Å². The smallest absolute Gasteiger partial charge is 0.0467 e. The largest absolute Gasteiger partial charge is 0.396 e. The van der Waals surface area contributed by atoms with E-state index in [1.54, 1.807) is 0 Å². The van der Waals surface area contributed by atoms with Gasteiger partial charge in [0.15, 0.2) is 0 Å². The van der Waals surface area contributed by atoms with E-state index in [-0.39, 0.29) is 0 Å². The van der Waals surface area contributed by atoms with E-state index in [9.17, 15) is 10.2 Å². The molecule has 0 aromatic carbocycles. The molecule has 78 valence electrons. The highest BCUT2D eigenvalue weighted by Gasteiger charge is 2.86. The van der Waals surface area contributed by atoms with E-state index in [1.165, 1.54) is 19.3 Å². The van der Waals surface area contributed by atoms with E-state index in [1.807, 2.05) is 0 Å². The van der Waals surface area contributed by atoms with Gasteiger partial charge in [0.2, 0.25) is 0 Å². The van der Waals surface area contributed by atoms with Crippen LogP contribution in [0.15, 0.2) is 0 Å². The van der Waals surface area contributed by atoms with Crippen LogP contribution in [-0.2, 0) is 0 Å². The summed E-state index contributed by atoms with van der Waals surface area (Å²) in [6, 6.07) is 0. The molecule has 4 aliphatic carbocycles. The molecular weight excluding hydrogens is 176 g/mol. The molecule has 0 amide bonds. The lowest BCUT2D eigenvalue weighted by Gasteiger charge is -2.15. The van der Waals surface area contributed by atoms with E-state index in [2.05, 4.69) is 0 Å². The summed E-state index contributed by atoms with van der Waals surface area (Å²) in [5.74, 6) is 4.86. The summed E-state index contributed by atoms with van der Waals surface area (Å²) in [7, 11) is 0. The maximum atomic E-state index is 9.30. The van der Waals surface area contributed by atoms with Crippen molar-refractivity contribution in [2.24, 2.45) is 40.9 Å². The van der Waals surface area contributed by atoms with Gasteiger partial charge in [0, 0.05) is 13.2 Å². The first kappa shape index (κ1) is 8.12. The Morgan fingerprint density at radius 1 is 1.07 bits per heavy atom. The summed E-state index contributed by atoms with van der Waals surface area (Å²) in [6.45, 7) is 0.817. The second kappa shape index (κ2) is 2.19. The molecule has 0 bridgehead atoms. The summed E-state index contributed by atoms with van der Waals surface area (Å²) in [5, 5.41) is 18.5. The maximum absolute atomic E-state index is 9.30. The number of aliphatic hydroxyl groups is 2. The average molecular weight is 194 g/mol. The molecule has 1 spiro atoms. The minimum atomic E-state index is 0.392. The predicted molar refractivity (Wildman–Crippen MR) is 51.4 cm³/mol. The summed E-state index contributed by atoms with van der Waals surface area (Å²) >= 11 is 0. The average Bonchev–Trinajstić information content (AvgIpc) is 3.00. The van der Waals surface area contributed by atoms with Gasteiger partial charge in [-0.25, -0.2) is 0 Å². The van der Waals surface area contributed by atoms with Gasteiger partial charge in [0.05, 0.1) is 0 Å². The molecule has 2 heteroatoms. The lowest BCUT2D eigenvalue weighted by Crippen LogP contribution is -2.11. The standard InChI is InChI=1S/C12H18O2/c13-4-6-1-7-8(2-6)11-10(5-14)12(11)3-9(7)12/h6-11,13-14H,1-5H2. The van der Waals surface area contributed by atoms with Crippen LogP contribution in [0, 0.1) is 40.9 Å². The SMILES string of the molecule is OCC1CC2C(C1)C1C(CO)C13CC23. The number of rotatable bonds is 2. The fraction of sp³-hybridized carbons (Fsp3) is 1.00. The first-order valence-corrected chi connectivity index (χ1v) is 6.04. The second-order valence-corrected chi connectivity index (χ2v) is 6.09. The summed E-state index contributed by atoms with van der Waals surface area (Å²) in [5.41, 5.74) is 0.643. The normalized spacial score (nSPS) is 67.3. The predicted octanol–water partition coefficient (Wildman–Crippen LogP) is 0.879. The molecule has 4 fully saturated rings. The Morgan fingerprint density at radius 2 is 1.86 bits per heavy atom. The zero-order chi connectivity index (χ0) is 9.50. The highest BCUT2D eigenvalue weighted by Crippen LogP contribution is 2.90. The number of fused-ring (bicyclic) bond motifs is 3. The van der Waals surface area contributed by atoms with Gasteiger partial charge in [-0.3, -0.25) is 0 Å². The van der Waals surface area contributed by atoms with Crippen molar-refractivity contribution in [1.29, 1.82) is 0 Å². The first-order valence-electron chi connectivity index (χ1n) is 6.04. The molecule has 2 N–H and O–H groups in total. The Bertz CT molecular complexity index is 290. The summed E-state index contributed by atoms with van der Waals surface area (Å²) in [4.78, 5) is 0. The Balaban J connectivity index is 1.60. The van der Waals surface area contributed by atoms with Crippen molar-refractivity contribution in [2.75, 3.05) is 13.2 Å². The zero-order valence-electron chi connectivity index (χ0n) is 8.39. The van der Waals surface area contributed by atoms with Crippen LogP contribution in [0.3, 0.4) is 0 Å². The number of hydrogen-bond acceptors (Lipinski definition) is 2. The molecule has 2 nitrogen and oxygen atoms in total. The molecule has 4 saturated carbocycles. The van der Waals surface area contributed by atoms with Crippen LogP contribution in [0.5, 0.6) is 0 Å². The molecule has 0 aromatic rings. The lowest BCUT2D eigenvalue weighted by atomic mass is 9.90. The summed E-state index contributed by atoms with van der Waals surface area (Å²) < 4.78 is 0.